The van der Waals surface area contributed by atoms with Crippen molar-refractivity contribution in [3.05, 3.63) is 76.9 Å². The molecule has 3 rings (SSSR count). The lowest BCUT2D eigenvalue weighted by molar-refractivity contribution is 0.104. The zero-order chi connectivity index (χ0) is 15.7. The van der Waals surface area contributed by atoms with Crippen molar-refractivity contribution in [3.63, 3.8) is 0 Å². The van der Waals surface area contributed by atoms with Gasteiger partial charge in [0.2, 0.25) is 0 Å². The largest absolute Gasteiger partial charge is 0.379 e. The van der Waals surface area contributed by atoms with Gasteiger partial charge in [-0.25, -0.2) is 0 Å². The quantitative estimate of drug-likeness (QED) is 0.665. The molecule has 2 aromatic rings. The van der Waals surface area contributed by atoms with Crippen molar-refractivity contribution in [2.24, 2.45) is 0 Å². The first-order chi connectivity index (χ1) is 10.4. The highest BCUT2D eigenvalue weighted by Gasteiger charge is 2.27. The average molecular weight is 291 g/mol. The second-order valence-corrected chi connectivity index (χ2v) is 6.63. The first-order valence-electron chi connectivity index (χ1n) is 7.64. The van der Waals surface area contributed by atoms with Gasteiger partial charge in [-0.15, -0.1) is 0 Å². The summed E-state index contributed by atoms with van der Waals surface area (Å²) in [4.78, 5) is 12.5. The summed E-state index contributed by atoms with van der Waals surface area (Å²) in [5, 5.41) is 3.52. The van der Waals surface area contributed by atoms with E-state index in [0.29, 0.717) is 0 Å². The molecule has 0 aliphatic carbocycles. The number of hydrogen-bond acceptors (Lipinski definition) is 2. The van der Waals surface area contributed by atoms with E-state index in [4.69, 9.17) is 0 Å². The van der Waals surface area contributed by atoms with Crippen molar-refractivity contribution in [2.45, 2.75) is 32.7 Å². The van der Waals surface area contributed by atoms with Crippen LogP contribution in [0.5, 0.6) is 0 Å². The third kappa shape index (κ3) is 2.96. The van der Waals surface area contributed by atoms with Gasteiger partial charge >= 0.3 is 0 Å². The third-order valence-electron chi connectivity index (χ3n) is 3.99. The Kier molecular flexibility index (Phi) is 3.61. The van der Waals surface area contributed by atoms with E-state index in [0.717, 1.165) is 23.2 Å². The summed E-state index contributed by atoms with van der Waals surface area (Å²) in [5.74, 6) is 0.0354. The number of carbonyl (C=O) groups excluding carboxylic acids is 1. The number of rotatable bonds is 2. The molecular formula is C20H21NO. The van der Waals surface area contributed by atoms with Crippen LogP contribution in [0.3, 0.4) is 0 Å². The Morgan fingerprint density at radius 3 is 2.59 bits per heavy atom. The fraction of sp³-hybridized carbons (Fsp3) is 0.250. The highest BCUT2D eigenvalue weighted by Crippen LogP contribution is 2.30. The van der Waals surface area contributed by atoms with Gasteiger partial charge in [0.1, 0.15) is 0 Å². The van der Waals surface area contributed by atoms with Crippen molar-refractivity contribution >= 4 is 11.5 Å². The van der Waals surface area contributed by atoms with Crippen molar-refractivity contribution in [2.75, 3.05) is 0 Å². The molecule has 0 unspecified atom stereocenters. The number of hydrogen-bond donors (Lipinski definition) is 1. The Hall–Kier alpha value is -2.35. The number of ketones is 1. The highest BCUT2D eigenvalue weighted by molar-refractivity contribution is 6.08. The normalized spacial score (nSPS) is 17.7. The van der Waals surface area contributed by atoms with Gasteiger partial charge in [-0.1, -0.05) is 48.0 Å². The van der Waals surface area contributed by atoms with Crippen LogP contribution in [0.15, 0.2) is 54.6 Å². The van der Waals surface area contributed by atoms with E-state index < -0.39 is 0 Å². The second-order valence-electron chi connectivity index (χ2n) is 6.63. The molecule has 0 saturated carbocycles. The van der Waals surface area contributed by atoms with Gasteiger partial charge in [0.25, 0.3) is 0 Å². The van der Waals surface area contributed by atoms with Crippen molar-refractivity contribution in [1.29, 1.82) is 0 Å². The summed E-state index contributed by atoms with van der Waals surface area (Å²) in [6.45, 7) is 6.41. The molecule has 22 heavy (non-hydrogen) atoms. The van der Waals surface area contributed by atoms with E-state index in [9.17, 15) is 4.79 Å². The maximum absolute atomic E-state index is 12.5. The van der Waals surface area contributed by atoms with E-state index in [1.165, 1.54) is 11.1 Å². The van der Waals surface area contributed by atoms with E-state index in [-0.39, 0.29) is 11.3 Å². The van der Waals surface area contributed by atoms with Crippen LogP contribution in [0.1, 0.15) is 40.9 Å². The first kappa shape index (κ1) is 14.6. The molecule has 0 aromatic heterocycles. The molecule has 0 radical (unpaired) electrons. The number of nitrogens with one attached hydrogen (secondary N) is 1. The Morgan fingerprint density at radius 1 is 1.14 bits per heavy atom. The zero-order valence-corrected chi connectivity index (χ0v) is 13.3. The van der Waals surface area contributed by atoms with Crippen LogP contribution in [-0.4, -0.2) is 11.3 Å². The molecule has 0 bridgehead atoms. The fourth-order valence-electron chi connectivity index (χ4n) is 2.98. The summed E-state index contributed by atoms with van der Waals surface area (Å²) in [6, 6.07) is 15.9. The molecule has 0 amide bonds. The van der Waals surface area contributed by atoms with E-state index >= 15 is 0 Å². The Labute approximate surface area is 131 Å². The predicted molar refractivity (Wildman–Crippen MR) is 90.8 cm³/mol. The number of aryl methyl sites for hydroxylation is 1. The van der Waals surface area contributed by atoms with Gasteiger partial charge in [0.05, 0.1) is 0 Å². The maximum Gasteiger partial charge on any atom is 0.187 e. The SMILES string of the molecule is Cc1ccc2c(c1)C(=CC(=O)c1ccccc1)NC(C)(C)C2. The number of fused-ring (bicyclic) bond motifs is 1. The molecule has 1 aliphatic rings. The van der Waals surface area contributed by atoms with Gasteiger partial charge in [-0.2, -0.15) is 0 Å². The highest BCUT2D eigenvalue weighted by atomic mass is 16.1. The van der Waals surface area contributed by atoms with Crippen LogP contribution in [0.25, 0.3) is 5.70 Å². The molecule has 2 heteroatoms. The molecule has 0 fully saturated rings. The lowest BCUT2D eigenvalue weighted by Gasteiger charge is -2.35. The van der Waals surface area contributed by atoms with Gasteiger partial charge in [0.15, 0.2) is 5.78 Å². The number of benzene rings is 2. The smallest absolute Gasteiger partial charge is 0.187 e. The van der Waals surface area contributed by atoms with E-state index in [1.807, 2.05) is 30.3 Å². The summed E-state index contributed by atoms with van der Waals surface area (Å²) >= 11 is 0. The molecule has 1 aliphatic heterocycles. The Bertz CT molecular complexity index is 742. The second kappa shape index (κ2) is 5.45. The molecule has 1 heterocycles. The predicted octanol–water partition coefficient (Wildman–Crippen LogP) is 4.14. The fourth-order valence-corrected chi connectivity index (χ4v) is 2.98. The Morgan fingerprint density at radius 2 is 1.86 bits per heavy atom. The van der Waals surface area contributed by atoms with Crippen molar-refractivity contribution in [1.82, 2.24) is 5.32 Å². The lowest BCUT2D eigenvalue weighted by Crippen LogP contribution is -2.43. The molecule has 0 atom stereocenters. The van der Waals surface area contributed by atoms with Gasteiger partial charge < -0.3 is 5.32 Å². The van der Waals surface area contributed by atoms with Crippen LogP contribution in [0, 0.1) is 6.92 Å². The van der Waals surface area contributed by atoms with Crippen molar-refractivity contribution < 1.29 is 4.79 Å². The maximum atomic E-state index is 12.5. The summed E-state index contributed by atoms with van der Waals surface area (Å²) in [6.07, 6.45) is 2.69. The van der Waals surface area contributed by atoms with Crippen LogP contribution in [-0.2, 0) is 6.42 Å². The van der Waals surface area contributed by atoms with Gasteiger partial charge in [-0.05, 0) is 38.8 Å². The lowest BCUT2D eigenvalue weighted by atomic mass is 9.85. The topological polar surface area (TPSA) is 29.1 Å². The molecule has 0 spiro atoms. The Balaban J connectivity index is 2.05. The minimum atomic E-state index is -0.0505. The van der Waals surface area contributed by atoms with Gasteiger partial charge in [-0.3, -0.25) is 4.79 Å². The molecule has 2 nitrogen and oxygen atoms in total. The standard InChI is InChI=1S/C20H21NO/c1-14-9-10-16-13-20(2,3)21-18(17(16)11-14)12-19(22)15-7-5-4-6-8-15/h4-12,21H,13H2,1-3H3. The number of carbonyl (C=O) groups is 1. The summed E-state index contributed by atoms with van der Waals surface area (Å²) < 4.78 is 0. The van der Waals surface area contributed by atoms with E-state index in [2.05, 4.69) is 44.3 Å². The minimum absolute atomic E-state index is 0.0354. The molecule has 0 saturated heterocycles. The third-order valence-corrected chi connectivity index (χ3v) is 3.99. The van der Waals surface area contributed by atoms with Crippen LogP contribution in [0.4, 0.5) is 0 Å². The number of allylic oxidation sites excluding steroid dienone is 1. The zero-order valence-electron chi connectivity index (χ0n) is 13.3. The minimum Gasteiger partial charge on any atom is -0.379 e. The molecule has 112 valence electrons. The van der Waals surface area contributed by atoms with E-state index in [1.54, 1.807) is 6.08 Å². The van der Waals surface area contributed by atoms with Crippen LogP contribution >= 0.6 is 0 Å². The molecule has 2 aromatic carbocycles. The summed E-state index contributed by atoms with van der Waals surface area (Å²) in [5.41, 5.74) is 5.23. The molecule has 1 N–H and O–H groups in total. The monoisotopic (exact) mass is 291 g/mol. The van der Waals surface area contributed by atoms with Crippen LogP contribution < -0.4 is 5.32 Å². The van der Waals surface area contributed by atoms with Crippen LogP contribution in [0.2, 0.25) is 0 Å². The summed E-state index contributed by atoms with van der Waals surface area (Å²) in [7, 11) is 0. The average Bonchev–Trinajstić information content (AvgIpc) is 2.48. The molecular weight excluding hydrogens is 270 g/mol. The van der Waals surface area contributed by atoms with Crippen molar-refractivity contribution in [3.8, 4) is 0 Å². The van der Waals surface area contributed by atoms with Gasteiger partial charge in [0, 0.05) is 28.4 Å². The first-order valence-corrected chi connectivity index (χ1v) is 7.64.